The Morgan fingerprint density at radius 1 is 1.27 bits per heavy atom. The van der Waals surface area contributed by atoms with Gasteiger partial charge in [-0.15, -0.1) is 0 Å². The van der Waals surface area contributed by atoms with Crippen LogP contribution in [0.5, 0.6) is 0 Å². The predicted octanol–water partition coefficient (Wildman–Crippen LogP) is 4.74. The second-order valence-corrected chi connectivity index (χ2v) is 7.85. The lowest BCUT2D eigenvalue weighted by molar-refractivity contribution is -0.116. The number of hydrogen-bond donors (Lipinski definition) is 1. The van der Waals surface area contributed by atoms with Gasteiger partial charge >= 0.3 is 0 Å². The Morgan fingerprint density at radius 3 is 2.90 bits per heavy atom. The highest BCUT2D eigenvalue weighted by atomic mass is 35.5. The quantitative estimate of drug-likeness (QED) is 0.614. The smallest absolute Gasteiger partial charge is 0.231 e. The molecule has 4 rings (SSSR count). The van der Waals surface area contributed by atoms with Gasteiger partial charge in [-0.2, -0.15) is 4.98 Å². The molecule has 1 saturated heterocycles. The van der Waals surface area contributed by atoms with Gasteiger partial charge in [0, 0.05) is 35.8 Å². The molecule has 1 aromatic heterocycles. The fourth-order valence-corrected chi connectivity index (χ4v) is 3.82. The maximum Gasteiger partial charge on any atom is 0.231 e. The first-order valence-electron chi connectivity index (χ1n) is 9.94. The van der Waals surface area contributed by atoms with Crippen LogP contribution in [0, 0.1) is 5.82 Å². The number of likely N-dealkylation sites (tertiary alicyclic amines) is 1. The summed E-state index contributed by atoms with van der Waals surface area (Å²) in [4.78, 5) is 19.0. The number of carbonyl (C=O) groups excluding carboxylic acids is 1. The van der Waals surface area contributed by atoms with Crippen molar-refractivity contribution in [2.45, 2.75) is 25.2 Å². The van der Waals surface area contributed by atoms with Crippen molar-refractivity contribution in [3.63, 3.8) is 0 Å². The van der Waals surface area contributed by atoms with Crippen molar-refractivity contribution in [3.8, 4) is 11.4 Å². The molecule has 0 radical (unpaired) electrons. The van der Waals surface area contributed by atoms with Crippen LogP contribution >= 0.6 is 11.6 Å². The molecule has 0 aliphatic carbocycles. The molecular weight excluding hydrogens is 407 g/mol. The van der Waals surface area contributed by atoms with Gasteiger partial charge < -0.3 is 14.7 Å². The summed E-state index contributed by atoms with van der Waals surface area (Å²) >= 11 is 5.95. The van der Waals surface area contributed by atoms with E-state index in [0.29, 0.717) is 35.4 Å². The summed E-state index contributed by atoms with van der Waals surface area (Å²) < 4.78 is 18.6. The van der Waals surface area contributed by atoms with Gasteiger partial charge in [0.05, 0.1) is 5.92 Å². The first-order chi connectivity index (χ1) is 14.6. The molecule has 1 aliphatic rings. The standard InChI is InChI=1S/C22H22ClFN4O2/c23-17-4-1-5-19(13-17)25-20(29)10-12-28-11-2-3-16(14-28)22-26-21(27-30-22)15-6-8-18(24)9-7-15/h1,4-9,13,16H,2-3,10-12,14H2,(H,25,29). The first kappa shape index (κ1) is 20.5. The zero-order chi connectivity index (χ0) is 20.9. The highest BCUT2D eigenvalue weighted by Crippen LogP contribution is 2.27. The van der Waals surface area contributed by atoms with Gasteiger partial charge in [0.1, 0.15) is 5.82 Å². The van der Waals surface area contributed by atoms with Crippen molar-refractivity contribution in [2.24, 2.45) is 0 Å². The number of amides is 1. The molecule has 3 aromatic rings. The molecule has 6 nitrogen and oxygen atoms in total. The number of aromatic nitrogens is 2. The highest BCUT2D eigenvalue weighted by molar-refractivity contribution is 6.30. The molecule has 156 valence electrons. The normalized spacial score (nSPS) is 17.1. The van der Waals surface area contributed by atoms with Crippen LogP contribution < -0.4 is 5.32 Å². The van der Waals surface area contributed by atoms with Crippen molar-refractivity contribution >= 4 is 23.2 Å². The lowest BCUT2D eigenvalue weighted by Crippen LogP contribution is -2.36. The van der Waals surface area contributed by atoms with Crippen molar-refractivity contribution in [1.29, 1.82) is 0 Å². The molecule has 8 heteroatoms. The zero-order valence-corrected chi connectivity index (χ0v) is 17.1. The lowest BCUT2D eigenvalue weighted by Gasteiger charge is -2.30. The van der Waals surface area contributed by atoms with Gasteiger partial charge in [-0.1, -0.05) is 22.8 Å². The van der Waals surface area contributed by atoms with Gasteiger partial charge in [-0.3, -0.25) is 4.79 Å². The van der Waals surface area contributed by atoms with E-state index in [0.717, 1.165) is 31.5 Å². The van der Waals surface area contributed by atoms with Crippen LogP contribution in [0.4, 0.5) is 10.1 Å². The molecule has 30 heavy (non-hydrogen) atoms. The Balaban J connectivity index is 1.31. The van der Waals surface area contributed by atoms with E-state index in [1.807, 2.05) is 6.07 Å². The number of anilines is 1. The molecule has 1 unspecified atom stereocenters. The van der Waals surface area contributed by atoms with E-state index in [1.165, 1.54) is 12.1 Å². The molecule has 1 aliphatic heterocycles. The number of hydrogen-bond acceptors (Lipinski definition) is 5. The van der Waals surface area contributed by atoms with Gasteiger partial charge in [0.15, 0.2) is 0 Å². The summed E-state index contributed by atoms with van der Waals surface area (Å²) in [6, 6.07) is 13.1. The average Bonchev–Trinajstić information content (AvgIpc) is 3.23. The Labute approximate surface area is 179 Å². The number of nitrogens with zero attached hydrogens (tertiary/aromatic N) is 3. The fourth-order valence-electron chi connectivity index (χ4n) is 3.63. The third kappa shape index (κ3) is 5.23. The molecule has 1 atom stereocenters. The van der Waals surface area contributed by atoms with Crippen LogP contribution in [0.25, 0.3) is 11.4 Å². The van der Waals surface area contributed by atoms with Gasteiger partial charge in [0.2, 0.25) is 17.6 Å². The second kappa shape index (κ2) is 9.36. The minimum atomic E-state index is -0.301. The number of carbonyl (C=O) groups is 1. The number of nitrogens with one attached hydrogen (secondary N) is 1. The van der Waals surface area contributed by atoms with Crippen LogP contribution in [0.1, 0.15) is 31.1 Å². The highest BCUT2D eigenvalue weighted by Gasteiger charge is 2.26. The summed E-state index contributed by atoms with van der Waals surface area (Å²) in [5.41, 5.74) is 1.42. The molecule has 1 amide bonds. The summed E-state index contributed by atoms with van der Waals surface area (Å²) in [6.45, 7) is 2.34. The van der Waals surface area contributed by atoms with E-state index >= 15 is 0 Å². The fraction of sp³-hybridized carbons (Fsp3) is 0.318. The zero-order valence-electron chi connectivity index (χ0n) is 16.4. The average molecular weight is 429 g/mol. The van der Waals surface area contributed by atoms with Crippen LogP contribution in [0.2, 0.25) is 5.02 Å². The predicted molar refractivity (Wildman–Crippen MR) is 113 cm³/mol. The van der Waals surface area contributed by atoms with Crippen molar-refractivity contribution in [2.75, 3.05) is 25.0 Å². The number of halogens is 2. The Hall–Kier alpha value is -2.77. The molecule has 0 saturated carbocycles. The number of benzene rings is 2. The lowest BCUT2D eigenvalue weighted by atomic mass is 9.98. The second-order valence-electron chi connectivity index (χ2n) is 7.41. The van der Waals surface area contributed by atoms with E-state index in [-0.39, 0.29) is 17.6 Å². The van der Waals surface area contributed by atoms with Crippen molar-refractivity contribution in [3.05, 3.63) is 65.3 Å². The Kier molecular flexibility index (Phi) is 6.40. The van der Waals surface area contributed by atoms with Crippen LogP contribution in [0.15, 0.2) is 53.1 Å². The van der Waals surface area contributed by atoms with E-state index in [4.69, 9.17) is 16.1 Å². The van der Waals surface area contributed by atoms with Crippen LogP contribution in [0.3, 0.4) is 0 Å². The molecular formula is C22H22ClFN4O2. The van der Waals surface area contributed by atoms with Gasteiger partial charge in [-0.05, 0) is 61.9 Å². The topological polar surface area (TPSA) is 71.3 Å². The maximum absolute atomic E-state index is 13.1. The first-order valence-corrected chi connectivity index (χ1v) is 10.3. The summed E-state index contributed by atoms with van der Waals surface area (Å²) in [6.07, 6.45) is 2.34. The third-order valence-electron chi connectivity index (χ3n) is 5.16. The van der Waals surface area contributed by atoms with Gasteiger partial charge in [-0.25, -0.2) is 4.39 Å². The Morgan fingerprint density at radius 2 is 2.10 bits per heavy atom. The third-order valence-corrected chi connectivity index (χ3v) is 5.40. The van der Waals surface area contributed by atoms with E-state index < -0.39 is 0 Å². The van der Waals surface area contributed by atoms with Crippen LogP contribution in [-0.2, 0) is 4.79 Å². The molecule has 1 N–H and O–H groups in total. The largest absolute Gasteiger partial charge is 0.339 e. The number of piperidine rings is 1. The molecule has 2 aromatic carbocycles. The summed E-state index contributed by atoms with van der Waals surface area (Å²) in [7, 11) is 0. The molecule has 2 heterocycles. The van der Waals surface area contributed by atoms with E-state index in [2.05, 4.69) is 20.4 Å². The summed E-state index contributed by atoms with van der Waals surface area (Å²) in [5.74, 6) is 0.822. The van der Waals surface area contributed by atoms with Crippen LogP contribution in [-0.4, -0.2) is 40.6 Å². The van der Waals surface area contributed by atoms with E-state index in [1.54, 1.807) is 30.3 Å². The van der Waals surface area contributed by atoms with E-state index in [9.17, 15) is 9.18 Å². The number of rotatable bonds is 6. The van der Waals surface area contributed by atoms with Gasteiger partial charge in [0.25, 0.3) is 0 Å². The maximum atomic E-state index is 13.1. The van der Waals surface area contributed by atoms with Crippen molar-refractivity contribution in [1.82, 2.24) is 15.0 Å². The molecule has 0 spiro atoms. The Bertz CT molecular complexity index is 1010. The van der Waals surface area contributed by atoms with Crippen molar-refractivity contribution < 1.29 is 13.7 Å². The minimum absolute atomic E-state index is 0.0456. The monoisotopic (exact) mass is 428 g/mol. The minimum Gasteiger partial charge on any atom is -0.339 e. The summed E-state index contributed by atoms with van der Waals surface area (Å²) in [5, 5.41) is 7.50. The molecule has 1 fully saturated rings. The SMILES string of the molecule is O=C(CCN1CCCC(c2nc(-c3ccc(F)cc3)no2)C1)Nc1cccc(Cl)c1. The molecule has 0 bridgehead atoms.